The van der Waals surface area contributed by atoms with Crippen LogP contribution in [0.4, 0.5) is 0 Å². The molecule has 1 aromatic rings. The van der Waals surface area contributed by atoms with Crippen LogP contribution in [-0.2, 0) is 6.54 Å². The number of thiophene rings is 1. The highest BCUT2D eigenvalue weighted by atomic mass is 32.1. The molecular formula is C21H37N5S. The Labute approximate surface area is 169 Å². The van der Waals surface area contributed by atoms with Crippen LogP contribution in [-0.4, -0.2) is 67.6 Å². The van der Waals surface area contributed by atoms with Crippen LogP contribution in [0, 0.1) is 11.8 Å². The minimum Gasteiger partial charge on any atom is -0.356 e. The van der Waals surface area contributed by atoms with E-state index in [0.717, 1.165) is 25.6 Å². The summed E-state index contributed by atoms with van der Waals surface area (Å²) in [6, 6.07) is 5.51. The Morgan fingerprint density at radius 3 is 2.85 bits per heavy atom. The van der Waals surface area contributed by atoms with E-state index >= 15 is 0 Å². The van der Waals surface area contributed by atoms with E-state index in [4.69, 9.17) is 0 Å². The van der Waals surface area contributed by atoms with Gasteiger partial charge in [-0.05, 0) is 56.5 Å². The number of likely N-dealkylation sites (tertiary alicyclic amines) is 2. The second kappa shape index (κ2) is 9.89. The fraction of sp³-hybridized carbons (Fsp3) is 0.762. The average molecular weight is 392 g/mol. The predicted octanol–water partition coefficient (Wildman–Crippen LogP) is 2.85. The van der Waals surface area contributed by atoms with Crippen molar-refractivity contribution in [1.82, 2.24) is 20.4 Å². The van der Waals surface area contributed by atoms with E-state index in [9.17, 15) is 0 Å². The minimum absolute atomic E-state index is 0.486. The highest BCUT2D eigenvalue weighted by Crippen LogP contribution is 2.21. The molecule has 3 atom stereocenters. The van der Waals surface area contributed by atoms with Crippen LogP contribution in [0.5, 0.6) is 0 Å². The molecule has 3 heterocycles. The maximum Gasteiger partial charge on any atom is 0.191 e. The van der Waals surface area contributed by atoms with Gasteiger partial charge in [0.25, 0.3) is 0 Å². The summed E-state index contributed by atoms with van der Waals surface area (Å²) in [5.74, 6) is 2.32. The second-order valence-corrected chi connectivity index (χ2v) is 9.58. The predicted molar refractivity (Wildman–Crippen MR) is 116 cm³/mol. The number of hydrogen-bond donors (Lipinski definition) is 2. The molecule has 0 saturated carbocycles. The zero-order chi connectivity index (χ0) is 19.2. The lowest BCUT2D eigenvalue weighted by Crippen LogP contribution is -2.49. The quantitative estimate of drug-likeness (QED) is 0.578. The second-order valence-electron chi connectivity index (χ2n) is 8.55. The molecule has 0 radical (unpaired) electrons. The molecule has 2 aliphatic heterocycles. The van der Waals surface area contributed by atoms with E-state index < -0.39 is 0 Å². The Bertz CT molecular complexity index is 585. The van der Waals surface area contributed by atoms with Crippen molar-refractivity contribution in [3.63, 3.8) is 0 Å². The largest absolute Gasteiger partial charge is 0.356 e. The van der Waals surface area contributed by atoms with Gasteiger partial charge in [-0.3, -0.25) is 14.8 Å². The Kier molecular flexibility index (Phi) is 7.56. The van der Waals surface area contributed by atoms with Crippen LogP contribution in [0.3, 0.4) is 0 Å². The highest BCUT2D eigenvalue weighted by molar-refractivity contribution is 7.09. The summed E-state index contributed by atoms with van der Waals surface area (Å²) in [6.45, 7) is 13.7. The molecule has 0 aliphatic carbocycles. The standard InChI is InChI=1S/C21H37N5S/c1-16(2)26-12-17(3)20(15-26)24-21(22-4)23-11-18-7-5-9-25(13-18)14-19-8-6-10-27-19/h6,8,10,16-18,20H,5,7,9,11-15H2,1-4H3,(H2,22,23,24). The summed E-state index contributed by atoms with van der Waals surface area (Å²) >= 11 is 1.87. The lowest BCUT2D eigenvalue weighted by molar-refractivity contribution is 0.169. The third-order valence-electron chi connectivity index (χ3n) is 6.04. The Morgan fingerprint density at radius 1 is 1.33 bits per heavy atom. The van der Waals surface area contributed by atoms with Crippen molar-refractivity contribution in [2.24, 2.45) is 16.8 Å². The summed E-state index contributed by atoms with van der Waals surface area (Å²) in [7, 11) is 1.89. The van der Waals surface area contributed by atoms with Gasteiger partial charge in [0, 0.05) is 56.7 Å². The number of aliphatic imine (C=N–C) groups is 1. The molecule has 5 nitrogen and oxygen atoms in total. The van der Waals surface area contributed by atoms with Crippen molar-refractivity contribution in [3.05, 3.63) is 22.4 Å². The topological polar surface area (TPSA) is 42.9 Å². The molecule has 6 heteroatoms. The number of guanidine groups is 1. The van der Waals surface area contributed by atoms with E-state index in [0.29, 0.717) is 23.9 Å². The summed E-state index contributed by atoms with van der Waals surface area (Å²) in [4.78, 5) is 11.1. The molecule has 0 spiro atoms. The monoisotopic (exact) mass is 391 g/mol. The Morgan fingerprint density at radius 2 is 2.19 bits per heavy atom. The molecule has 3 rings (SSSR count). The van der Waals surface area contributed by atoms with Crippen LogP contribution in [0.2, 0.25) is 0 Å². The van der Waals surface area contributed by atoms with Crippen LogP contribution >= 0.6 is 11.3 Å². The van der Waals surface area contributed by atoms with Crippen LogP contribution in [0.25, 0.3) is 0 Å². The van der Waals surface area contributed by atoms with Crippen molar-refractivity contribution in [3.8, 4) is 0 Å². The van der Waals surface area contributed by atoms with Crippen LogP contribution < -0.4 is 10.6 Å². The normalized spacial score (nSPS) is 28.0. The molecule has 2 fully saturated rings. The fourth-order valence-corrected chi connectivity index (χ4v) is 5.06. The number of hydrogen-bond acceptors (Lipinski definition) is 4. The van der Waals surface area contributed by atoms with E-state index in [1.165, 1.54) is 37.4 Å². The van der Waals surface area contributed by atoms with Crippen molar-refractivity contribution < 1.29 is 0 Å². The Hall–Kier alpha value is -1.11. The molecule has 2 saturated heterocycles. The van der Waals surface area contributed by atoms with Gasteiger partial charge in [0.1, 0.15) is 0 Å². The molecule has 1 aromatic heterocycles. The molecule has 0 bridgehead atoms. The minimum atomic E-state index is 0.486. The van der Waals surface area contributed by atoms with Crippen molar-refractivity contribution >= 4 is 17.3 Å². The first-order chi connectivity index (χ1) is 13.0. The highest BCUT2D eigenvalue weighted by Gasteiger charge is 2.31. The molecule has 152 valence electrons. The summed E-state index contributed by atoms with van der Waals surface area (Å²) < 4.78 is 0. The van der Waals surface area contributed by atoms with Gasteiger partial charge in [0.05, 0.1) is 0 Å². The van der Waals surface area contributed by atoms with E-state index in [2.05, 4.69) is 63.7 Å². The first-order valence-corrected chi connectivity index (χ1v) is 11.4. The maximum atomic E-state index is 4.48. The third kappa shape index (κ3) is 5.93. The van der Waals surface area contributed by atoms with Gasteiger partial charge < -0.3 is 10.6 Å². The van der Waals surface area contributed by atoms with Crippen LogP contribution in [0.15, 0.2) is 22.5 Å². The van der Waals surface area contributed by atoms with Gasteiger partial charge >= 0.3 is 0 Å². The molecule has 3 unspecified atom stereocenters. The maximum absolute atomic E-state index is 4.48. The summed E-state index contributed by atoms with van der Waals surface area (Å²) in [5, 5.41) is 9.46. The van der Waals surface area contributed by atoms with Crippen molar-refractivity contribution in [2.75, 3.05) is 39.8 Å². The van der Waals surface area contributed by atoms with Gasteiger partial charge in [0.15, 0.2) is 5.96 Å². The Balaban J connectivity index is 1.43. The summed E-state index contributed by atoms with van der Waals surface area (Å²) in [5.41, 5.74) is 0. The smallest absolute Gasteiger partial charge is 0.191 e. The first-order valence-electron chi connectivity index (χ1n) is 10.5. The number of nitrogens with one attached hydrogen (secondary N) is 2. The molecule has 2 N–H and O–H groups in total. The molecular weight excluding hydrogens is 354 g/mol. The van der Waals surface area contributed by atoms with Crippen LogP contribution in [0.1, 0.15) is 38.5 Å². The lowest BCUT2D eigenvalue weighted by Gasteiger charge is -2.33. The molecule has 2 aliphatic rings. The zero-order valence-electron chi connectivity index (χ0n) is 17.4. The van der Waals surface area contributed by atoms with E-state index in [-0.39, 0.29) is 0 Å². The van der Waals surface area contributed by atoms with Gasteiger partial charge in [-0.15, -0.1) is 11.3 Å². The zero-order valence-corrected chi connectivity index (χ0v) is 18.3. The molecule has 0 aromatic carbocycles. The number of rotatable bonds is 6. The SMILES string of the molecule is CN=C(NCC1CCCN(Cc2cccs2)C1)NC1CN(C(C)C)CC1C. The van der Waals surface area contributed by atoms with Gasteiger partial charge in [-0.1, -0.05) is 13.0 Å². The van der Waals surface area contributed by atoms with Crippen molar-refractivity contribution in [1.29, 1.82) is 0 Å². The number of piperidine rings is 1. The van der Waals surface area contributed by atoms with Gasteiger partial charge in [0.2, 0.25) is 0 Å². The molecule has 27 heavy (non-hydrogen) atoms. The van der Waals surface area contributed by atoms with E-state index in [1.54, 1.807) is 0 Å². The van der Waals surface area contributed by atoms with Crippen molar-refractivity contribution in [2.45, 2.75) is 52.2 Å². The summed E-state index contributed by atoms with van der Waals surface area (Å²) in [6.07, 6.45) is 2.61. The third-order valence-corrected chi connectivity index (χ3v) is 6.90. The van der Waals surface area contributed by atoms with E-state index in [1.807, 2.05) is 18.4 Å². The van der Waals surface area contributed by atoms with Gasteiger partial charge in [-0.25, -0.2) is 0 Å². The number of nitrogens with zero attached hydrogens (tertiary/aromatic N) is 3. The fourth-order valence-electron chi connectivity index (χ4n) is 4.31. The lowest BCUT2D eigenvalue weighted by atomic mass is 9.98. The average Bonchev–Trinajstić information content (AvgIpc) is 3.29. The molecule has 0 amide bonds. The first kappa shape index (κ1) is 20.6. The van der Waals surface area contributed by atoms with Gasteiger partial charge in [-0.2, -0.15) is 0 Å².